The molecule has 1 atom stereocenters. The Labute approximate surface area is 141 Å². The molecule has 1 aliphatic heterocycles. The van der Waals surface area contributed by atoms with Crippen LogP contribution in [-0.2, 0) is 21.2 Å². The summed E-state index contributed by atoms with van der Waals surface area (Å²) in [5.74, 6) is 0.705. The molecule has 1 amide bonds. The van der Waals surface area contributed by atoms with Crippen molar-refractivity contribution >= 4 is 21.6 Å². The second-order valence-electron chi connectivity index (χ2n) is 5.88. The Morgan fingerprint density at radius 3 is 2.79 bits per heavy atom. The van der Waals surface area contributed by atoms with Crippen molar-refractivity contribution < 1.29 is 17.6 Å². The van der Waals surface area contributed by atoms with Gasteiger partial charge in [-0.2, -0.15) is 0 Å². The highest BCUT2D eigenvalue weighted by molar-refractivity contribution is 7.92. The van der Waals surface area contributed by atoms with Crippen molar-refractivity contribution in [1.29, 1.82) is 0 Å². The molecule has 2 aromatic rings. The smallest absolute Gasteiger partial charge is 0.232 e. The van der Waals surface area contributed by atoms with E-state index in [2.05, 4.69) is 5.32 Å². The minimum Gasteiger partial charge on any atom is -0.469 e. The number of amides is 1. The summed E-state index contributed by atoms with van der Waals surface area (Å²) in [4.78, 5) is 12.2. The van der Waals surface area contributed by atoms with Crippen LogP contribution >= 0.6 is 0 Å². The average molecular weight is 348 g/mol. The number of nitrogens with zero attached hydrogens (tertiary/aromatic N) is 1. The van der Waals surface area contributed by atoms with Crippen molar-refractivity contribution in [3.05, 3.63) is 54.0 Å². The van der Waals surface area contributed by atoms with E-state index in [1.165, 1.54) is 10.6 Å². The van der Waals surface area contributed by atoms with Crippen LogP contribution in [0.1, 0.15) is 30.2 Å². The Morgan fingerprint density at radius 1 is 1.29 bits per heavy atom. The second kappa shape index (κ2) is 6.68. The predicted molar refractivity (Wildman–Crippen MR) is 91.2 cm³/mol. The van der Waals surface area contributed by atoms with Gasteiger partial charge in [-0.1, -0.05) is 18.2 Å². The molecule has 0 aliphatic carbocycles. The van der Waals surface area contributed by atoms with E-state index in [4.69, 9.17) is 4.42 Å². The standard InChI is InChI=1S/C17H20N2O4S/c1-24(21,22)19-11-10-15(14-6-2-3-7-16(14)19)18-17(20)9-8-13-5-4-12-23-13/h2-7,12,15H,8-11H2,1H3,(H,18,20). The molecule has 1 N–H and O–H groups in total. The first-order valence-corrected chi connectivity index (χ1v) is 9.68. The van der Waals surface area contributed by atoms with Crippen molar-refractivity contribution in [3.63, 3.8) is 0 Å². The van der Waals surface area contributed by atoms with E-state index in [0.29, 0.717) is 31.5 Å². The zero-order valence-electron chi connectivity index (χ0n) is 13.4. The van der Waals surface area contributed by atoms with Crippen LogP contribution in [-0.4, -0.2) is 27.1 Å². The Morgan fingerprint density at radius 2 is 2.08 bits per heavy atom. The van der Waals surface area contributed by atoms with E-state index in [9.17, 15) is 13.2 Å². The van der Waals surface area contributed by atoms with Crippen molar-refractivity contribution in [1.82, 2.24) is 5.32 Å². The summed E-state index contributed by atoms with van der Waals surface area (Å²) in [6, 6.07) is 10.8. The number of hydrogen-bond acceptors (Lipinski definition) is 4. The lowest BCUT2D eigenvalue weighted by Crippen LogP contribution is -2.40. The Balaban J connectivity index is 1.71. The van der Waals surface area contributed by atoms with Crippen LogP contribution in [0.4, 0.5) is 5.69 Å². The molecular weight excluding hydrogens is 328 g/mol. The number of anilines is 1. The van der Waals surface area contributed by atoms with E-state index in [1.54, 1.807) is 24.5 Å². The van der Waals surface area contributed by atoms with Crippen LogP contribution in [0.25, 0.3) is 0 Å². The molecule has 24 heavy (non-hydrogen) atoms. The van der Waals surface area contributed by atoms with Crippen LogP contribution < -0.4 is 9.62 Å². The maximum atomic E-state index is 12.2. The van der Waals surface area contributed by atoms with Crippen molar-refractivity contribution in [2.24, 2.45) is 0 Å². The number of carbonyl (C=O) groups is 1. The SMILES string of the molecule is CS(=O)(=O)N1CCC(NC(=O)CCc2ccco2)c2ccccc21. The molecule has 0 saturated carbocycles. The van der Waals surface area contributed by atoms with Gasteiger partial charge in [-0.05, 0) is 30.2 Å². The van der Waals surface area contributed by atoms with Crippen LogP contribution in [0.2, 0.25) is 0 Å². The lowest BCUT2D eigenvalue weighted by Gasteiger charge is -2.34. The minimum absolute atomic E-state index is 0.0704. The van der Waals surface area contributed by atoms with E-state index < -0.39 is 10.0 Å². The Hall–Kier alpha value is -2.28. The lowest BCUT2D eigenvalue weighted by molar-refractivity contribution is -0.121. The van der Waals surface area contributed by atoms with Gasteiger partial charge in [-0.25, -0.2) is 8.42 Å². The topological polar surface area (TPSA) is 79.6 Å². The molecular formula is C17H20N2O4S. The molecule has 3 rings (SSSR count). The number of nitrogens with one attached hydrogen (secondary N) is 1. The highest BCUT2D eigenvalue weighted by atomic mass is 32.2. The number of carbonyl (C=O) groups excluding carboxylic acids is 1. The second-order valence-corrected chi connectivity index (χ2v) is 7.79. The number of benzene rings is 1. The Bertz CT molecular complexity index is 815. The molecule has 1 aromatic heterocycles. The minimum atomic E-state index is -3.32. The summed E-state index contributed by atoms with van der Waals surface area (Å²) in [6.45, 7) is 0.360. The third-order valence-electron chi connectivity index (χ3n) is 4.12. The molecule has 0 fully saturated rings. The molecule has 128 valence electrons. The summed E-state index contributed by atoms with van der Waals surface area (Å²) in [7, 11) is -3.32. The summed E-state index contributed by atoms with van der Waals surface area (Å²) in [6.07, 6.45) is 4.22. The van der Waals surface area contributed by atoms with Gasteiger partial charge in [-0.15, -0.1) is 0 Å². The van der Waals surface area contributed by atoms with Gasteiger partial charge >= 0.3 is 0 Å². The number of aryl methyl sites for hydroxylation is 1. The molecule has 0 bridgehead atoms. The highest BCUT2D eigenvalue weighted by Gasteiger charge is 2.30. The van der Waals surface area contributed by atoms with Gasteiger partial charge in [0.2, 0.25) is 15.9 Å². The predicted octanol–water partition coefficient (Wildman–Crippen LogP) is 2.24. The molecule has 1 aromatic carbocycles. The van der Waals surface area contributed by atoms with Crippen LogP contribution in [0.5, 0.6) is 0 Å². The highest BCUT2D eigenvalue weighted by Crippen LogP contribution is 2.34. The zero-order valence-corrected chi connectivity index (χ0v) is 14.3. The summed E-state index contributed by atoms with van der Waals surface area (Å²) in [5, 5.41) is 3.01. The fourth-order valence-corrected chi connectivity index (χ4v) is 3.94. The Kier molecular flexibility index (Phi) is 4.62. The number of hydrogen-bond donors (Lipinski definition) is 1. The third-order valence-corrected chi connectivity index (χ3v) is 5.30. The van der Waals surface area contributed by atoms with Gasteiger partial charge in [0.25, 0.3) is 0 Å². The third kappa shape index (κ3) is 3.62. The van der Waals surface area contributed by atoms with Crippen molar-refractivity contribution in [2.75, 3.05) is 17.1 Å². The fourth-order valence-electron chi connectivity index (χ4n) is 2.98. The number of rotatable bonds is 5. The van der Waals surface area contributed by atoms with Gasteiger partial charge in [-0.3, -0.25) is 9.10 Å². The largest absolute Gasteiger partial charge is 0.469 e. The van der Waals surface area contributed by atoms with Crippen molar-refractivity contribution in [3.8, 4) is 0 Å². The van der Waals surface area contributed by atoms with E-state index in [0.717, 1.165) is 11.3 Å². The van der Waals surface area contributed by atoms with Crippen molar-refractivity contribution in [2.45, 2.75) is 25.3 Å². The molecule has 6 nitrogen and oxygen atoms in total. The van der Waals surface area contributed by atoms with E-state index >= 15 is 0 Å². The van der Waals surface area contributed by atoms with Crippen LogP contribution in [0.3, 0.4) is 0 Å². The fraction of sp³-hybridized carbons (Fsp3) is 0.353. The first-order valence-electron chi connectivity index (χ1n) is 7.83. The number of fused-ring (bicyclic) bond motifs is 1. The van der Waals surface area contributed by atoms with Gasteiger partial charge in [0.1, 0.15) is 5.76 Å². The van der Waals surface area contributed by atoms with E-state index in [-0.39, 0.29) is 11.9 Å². The maximum Gasteiger partial charge on any atom is 0.232 e. The van der Waals surface area contributed by atoms with Gasteiger partial charge < -0.3 is 9.73 Å². The van der Waals surface area contributed by atoms with E-state index in [1.807, 2.05) is 18.2 Å². The maximum absolute atomic E-state index is 12.2. The zero-order chi connectivity index (χ0) is 17.2. The number of sulfonamides is 1. The van der Waals surface area contributed by atoms with Crippen LogP contribution in [0.15, 0.2) is 47.1 Å². The normalized spacial score (nSPS) is 17.4. The quantitative estimate of drug-likeness (QED) is 0.899. The molecule has 1 aliphatic rings. The number of para-hydroxylation sites is 1. The monoisotopic (exact) mass is 348 g/mol. The summed E-state index contributed by atoms with van der Waals surface area (Å²) >= 11 is 0. The summed E-state index contributed by atoms with van der Waals surface area (Å²) < 4.78 is 30.5. The van der Waals surface area contributed by atoms with Gasteiger partial charge in [0.05, 0.1) is 24.2 Å². The lowest BCUT2D eigenvalue weighted by atomic mass is 9.97. The molecule has 2 heterocycles. The van der Waals surface area contributed by atoms with Gasteiger partial charge in [0.15, 0.2) is 0 Å². The molecule has 0 radical (unpaired) electrons. The molecule has 0 spiro atoms. The van der Waals surface area contributed by atoms with Crippen LogP contribution in [0, 0.1) is 0 Å². The molecule has 7 heteroatoms. The van der Waals surface area contributed by atoms with Gasteiger partial charge in [0, 0.05) is 19.4 Å². The number of furan rings is 1. The first kappa shape index (κ1) is 16.6. The molecule has 0 saturated heterocycles. The molecule has 1 unspecified atom stereocenters. The summed E-state index contributed by atoms with van der Waals surface area (Å²) in [5.41, 5.74) is 1.48. The first-order chi connectivity index (χ1) is 11.4. The average Bonchev–Trinajstić information content (AvgIpc) is 3.05.